The van der Waals surface area contributed by atoms with Crippen molar-refractivity contribution in [1.29, 1.82) is 0 Å². The van der Waals surface area contributed by atoms with Gasteiger partial charge in [-0.25, -0.2) is 4.39 Å². The van der Waals surface area contributed by atoms with E-state index in [0.717, 1.165) is 17.3 Å². The number of rotatable bonds is 5. The zero-order valence-electron chi connectivity index (χ0n) is 15.2. The molecule has 2 aromatic carbocycles. The van der Waals surface area contributed by atoms with Crippen molar-refractivity contribution in [2.75, 3.05) is 11.1 Å². The number of nitrogens with one attached hydrogen (secondary N) is 2. The van der Waals surface area contributed by atoms with Gasteiger partial charge < -0.3 is 5.32 Å². The van der Waals surface area contributed by atoms with E-state index in [-0.39, 0.29) is 28.7 Å². The quantitative estimate of drug-likeness (QED) is 0.490. The molecule has 0 fully saturated rings. The molecular formula is C19H15FN6O2S. The zero-order chi connectivity index (χ0) is 20.4. The van der Waals surface area contributed by atoms with Crippen LogP contribution in [0.2, 0.25) is 0 Å². The summed E-state index contributed by atoms with van der Waals surface area (Å²) >= 11 is 1.10. The number of anilines is 1. The molecule has 0 radical (unpaired) electrons. The van der Waals surface area contributed by atoms with Gasteiger partial charge in [-0.1, -0.05) is 47.7 Å². The van der Waals surface area contributed by atoms with Crippen molar-refractivity contribution in [1.82, 2.24) is 24.8 Å². The highest BCUT2D eigenvalue weighted by atomic mass is 32.2. The minimum Gasteiger partial charge on any atom is -0.325 e. The summed E-state index contributed by atoms with van der Waals surface area (Å²) in [6.45, 7) is 1.95. The molecule has 2 heterocycles. The second-order valence-corrected chi connectivity index (χ2v) is 7.18. The molecule has 1 amide bonds. The third kappa shape index (κ3) is 4.16. The number of nitrogens with zero attached hydrogens (tertiary/aromatic N) is 4. The van der Waals surface area contributed by atoms with Crippen molar-refractivity contribution in [2.45, 2.75) is 12.1 Å². The number of aryl methyl sites for hydroxylation is 1. The molecule has 146 valence electrons. The van der Waals surface area contributed by atoms with Gasteiger partial charge in [0.25, 0.3) is 11.3 Å². The number of hydrogen-bond donors (Lipinski definition) is 2. The summed E-state index contributed by atoms with van der Waals surface area (Å²) in [4.78, 5) is 27.1. The first-order valence-electron chi connectivity index (χ1n) is 8.60. The Kier molecular flexibility index (Phi) is 5.09. The fraction of sp³-hybridized carbons (Fsp3) is 0.105. The summed E-state index contributed by atoms with van der Waals surface area (Å²) in [6, 6.07) is 13.0. The predicted octanol–water partition coefficient (Wildman–Crippen LogP) is 2.66. The Morgan fingerprint density at radius 2 is 2.00 bits per heavy atom. The highest BCUT2D eigenvalue weighted by molar-refractivity contribution is 7.99. The maximum absolute atomic E-state index is 13.2. The zero-order valence-corrected chi connectivity index (χ0v) is 16.0. The second-order valence-electron chi connectivity index (χ2n) is 6.23. The smallest absolute Gasteiger partial charge is 0.279 e. The van der Waals surface area contributed by atoms with Crippen molar-refractivity contribution in [3.8, 4) is 11.3 Å². The number of aromatic amines is 1. The Bertz CT molecular complexity index is 1250. The van der Waals surface area contributed by atoms with E-state index in [2.05, 4.69) is 25.6 Å². The molecular weight excluding hydrogens is 395 g/mol. The molecule has 0 spiro atoms. The molecule has 4 aromatic rings. The minimum atomic E-state index is -0.435. The molecule has 0 saturated heterocycles. The first kappa shape index (κ1) is 18.8. The van der Waals surface area contributed by atoms with Crippen LogP contribution in [-0.4, -0.2) is 36.5 Å². The monoisotopic (exact) mass is 410 g/mol. The average molecular weight is 410 g/mol. The van der Waals surface area contributed by atoms with Gasteiger partial charge in [0.05, 0.1) is 5.75 Å². The first-order chi connectivity index (χ1) is 14.0. The van der Waals surface area contributed by atoms with Crippen LogP contribution in [0.4, 0.5) is 10.1 Å². The van der Waals surface area contributed by atoms with Crippen molar-refractivity contribution in [3.05, 3.63) is 70.3 Å². The van der Waals surface area contributed by atoms with Gasteiger partial charge in [0, 0.05) is 11.3 Å². The number of fused-ring (bicyclic) bond motifs is 1. The molecule has 0 aliphatic rings. The lowest BCUT2D eigenvalue weighted by atomic mass is 10.1. The Labute approximate surface area is 168 Å². The number of H-pyrrole nitrogens is 1. The number of thioether (sulfide) groups is 1. The molecule has 10 heteroatoms. The van der Waals surface area contributed by atoms with Crippen LogP contribution >= 0.6 is 11.8 Å². The Balaban J connectivity index is 1.55. The first-order valence-corrected chi connectivity index (χ1v) is 9.59. The third-order valence-electron chi connectivity index (χ3n) is 4.02. The molecule has 2 N–H and O–H groups in total. The molecule has 0 unspecified atom stereocenters. The molecule has 0 saturated carbocycles. The number of benzene rings is 2. The number of halogens is 1. The lowest BCUT2D eigenvalue weighted by Crippen LogP contribution is -2.16. The lowest BCUT2D eigenvalue weighted by Gasteiger charge is -2.05. The van der Waals surface area contributed by atoms with Crippen molar-refractivity contribution in [2.24, 2.45) is 0 Å². The Morgan fingerprint density at radius 1 is 1.21 bits per heavy atom. The molecule has 0 aliphatic heterocycles. The number of amides is 1. The number of carbonyl (C=O) groups excluding carboxylic acids is 1. The topological polar surface area (TPSA) is 105 Å². The highest BCUT2D eigenvalue weighted by Crippen LogP contribution is 2.18. The number of aromatic nitrogens is 5. The number of hydrogen-bond acceptors (Lipinski definition) is 6. The summed E-state index contributed by atoms with van der Waals surface area (Å²) in [5.41, 5.74) is 1.94. The van der Waals surface area contributed by atoms with E-state index in [0.29, 0.717) is 16.4 Å². The minimum absolute atomic E-state index is 0.0119. The fourth-order valence-electron chi connectivity index (χ4n) is 2.62. The Morgan fingerprint density at radius 3 is 2.76 bits per heavy atom. The van der Waals surface area contributed by atoms with Crippen molar-refractivity contribution in [3.63, 3.8) is 0 Å². The maximum atomic E-state index is 13.2. The Hall–Kier alpha value is -3.53. The standard InChI is InChI=1S/C19H15FN6O2S/c1-11-5-7-12(8-6-11)16-17(28)22-18-23-24-19(26(18)25-16)29-10-15(27)21-14-4-2-3-13(20)9-14/h2-9H,10H2,1H3,(H,21,27)(H,22,23,28). The molecule has 2 aromatic heterocycles. The van der Waals surface area contributed by atoms with Crippen LogP contribution in [0.3, 0.4) is 0 Å². The van der Waals surface area contributed by atoms with Crippen LogP contribution in [0.1, 0.15) is 5.56 Å². The van der Waals surface area contributed by atoms with E-state index < -0.39 is 5.82 Å². The lowest BCUT2D eigenvalue weighted by molar-refractivity contribution is -0.113. The van der Waals surface area contributed by atoms with Gasteiger partial charge in [0.15, 0.2) is 5.69 Å². The average Bonchev–Trinajstić information content (AvgIpc) is 3.08. The van der Waals surface area contributed by atoms with Gasteiger partial charge in [-0.15, -0.1) is 10.2 Å². The van der Waals surface area contributed by atoms with Crippen LogP contribution < -0.4 is 10.9 Å². The summed E-state index contributed by atoms with van der Waals surface area (Å²) in [5, 5.41) is 15.2. The van der Waals surface area contributed by atoms with E-state index in [1.807, 2.05) is 31.2 Å². The van der Waals surface area contributed by atoms with Crippen molar-refractivity contribution < 1.29 is 9.18 Å². The van der Waals surface area contributed by atoms with Crippen LogP contribution in [0.25, 0.3) is 17.0 Å². The SMILES string of the molecule is Cc1ccc(-c2nn3c(SCC(=O)Nc4cccc(F)c4)nnc3[nH]c2=O)cc1. The summed E-state index contributed by atoms with van der Waals surface area (Å²) in [5.74, 6) is -0.576. The van der Waals surface area contributed by atoms with Crippen molar-refractivity contribution >= 4 is 29.1 Å². The van der Waals surface area contributed by atoms with E-state index in [4.69, 9.17) is 0 Å². The third-order valence-corrected chi connectivity index (χ3v) is 4.94. The van der Waals surface area contributed by atoms with E-state index in [1.165, 1.54) is 22.7 Å². The summed E-state index contributed by atoms with van der Waals surface area (Å²) in [6.07, 6.45) is 0. The molecule has 0 aliphatic carbocycles. The van der Waals surface area contributed by atoms with Gasteiger partial charge in [-0.05, 0) is 25.1 Å². The molecule has 29 heavy (non-hydrogen) atoms. The van der Waals surface area contributed by atoms with E-state index >= 15 is 0 Å². The van der Waals surface area contributed by atoms with Gasteiger partial charge in [-0.2, -0.15) is 9.61 Å². The molecule has 0 atom stereocenters. The number of carbonyl (C=O) groups is 1. The molecule has 0 bridgehead atoms. The largest absolute Gasteiger partial charge is 0.325 e. The summed E-state index contributed by atoms with van der Waals surface area (Å²) in [7, 11) is 0. The van der Waals surface area contributed by atoms with Gasteiger partial charge in [0.1, 0.15) is 5.82 Å². The van der Waals surface area contributed by atoms with Gasteiger partial charge in [0.2, 0.25) is 11.1 Å². The highest BCUT2D eigenvalue weighted by Gasteiger charge is 2.14. The fourth-order valence-corrected chi connectivity index (χ4v) is 3.30. The molecule has 4 rings (SSSR count). The van der Waals surface area contributed by atoms with Gasteiger partial charge >= 0.3 is 0 Å². The van der Waals surface area contributed by atoms with Crippen LogP contribution in [0, 0.1) is 12.7 Å². The predicted molar refractivity (Wildman–Crippen MR) is 107 cm³/mol. The van der Waals surface area contributed by atoms with Crippen LogP contribution in [0.5, 0.6) is 0 Å². The normalized spacial score (nSPS) is 11.0. The van der Waals surface area contributed by atoms with Crippen LogP contribution in [0.15, 0.2) is 58.5 Å². The second kappa shape index (κ2) is 7.84. The van der Waals surface area contributed by atoms with E-state index in [1.54, 1.807) is 6.07 Å². The summed E-state index contributed by atoms with van der Waals surface area (Å²) < 4.78 is 14.6. The van der Waals surface area contributed by atoms with Crippen LogP contribution in [-0.2, 0) is 4.79 Å². The molecule has 8 nitrogen and oxygen atoms in total. The maximum Gasteiger partial charge on any atom is 0.279 e. The van der Waals surface area contributed by atoms with E-state index in [9.17, 15) is 14.0 Å². The van der Waals surface area contributed by atoms with Gasteiger partial charge in [-0.3, -0.25) is 14.6 Å².